The van der Waals surface area contributed by atoms with Gasteiger partial charge in [0.1, 0.15) is 11.6 Å². The summed E-state index contributed by atoms with van der Waals surface area (Å²) < 4.78 is 42.3. The minimum absolute atomic E-state index is 0. The molecule has 0 spiro atoms. The number of nitrogens with zero attached hydrogens (tertiary/aromatic N) is 1. The maximum absolute atomic E-state index is 13.6. The molecule has 3 N–H and O–H groups in total. The van der Waals surface area contributed by atoms with Gasteiger partial charge < -0.3 is 20.5 Å². The lowest BCUT2D eigenvalue weighted by Crippen LogP contribution is -2.39. The number of aliphatic hydroxyl groups excluding tert-OH is 1. The van der Waals surface area contributed by atoms with Gasteiger partial charge in [-0.15, -0.1) is 24.0 Å². The quantitative estimate of drug-likeness (QED) is 0.277. The summed E-state index contributed by atoms with van der Waals surface area (Å²) in [6.45, 7) is 1.76. The lowest BCUT2D eigenvalue weighted by atomic mass is 10.1. The number of benzene rings is 2. The third-order valence-corrected chi connectivity index (χ3v) is 3.95. The second kappa shape index (κ2) is 12.5. The number of aliphatic imine (C=N–C) groups is 1. The molecule has 1 unspecified atom stereocenters. The predicted molar refractivity (Wildman–Crippen MR) is 117 cm³/mol. The van der Waals surface area contributed by atoms with Crippen LogP contribution in [0.3, 0.4) is 0 Å². The molecule has 0 aromatic heterocycles. The maximum Gasteiger partial charge on any atom is 0.387 e. The zero-order valence-corrected chi connectivity index (χ0v) is 18.5. The smallest absolute Gasteiger partial charge is 0.387 e. The Hall–Kier alpha value is -2.01. The fourth-order valence-corrected chi connectivity index (χ4v) is 2.43. The number of aliphatic hydroxyl groups is 1. The molecule has 0 bridgehead atoms. The Bertz CT molecular complexity index is 789. The first-order valence-corrected chi connectivity index (χ1v) is 8.89. The monoisotopic (exact) mass is 523 g/mol. The number of nitrogens with one attached hydrogen (secondary N) is 2. The molecule has 2 aromatic carbocycles. The van der Waals surface area contributed by atoms with Crippen LogP contribution >= 0.6 is 24.0 Å². The van der Waals surface area contributed by atoms with E-state index in [0.29, 0.717) is 23.6 Å². The van der Waals surface area contributed by atoms with Crippen molar-refractivity contribution in [2.24, 2.45) is 4.99 Å². The molecule has 160 valence electrons. The Morgan fingerprint density at radius 3 is 2.41 bits per heavy atom. The summed E-state index contributed by atoms with van der Waals surface area (Å²) in [4.78, 5) is 4.38. The number of halogens is 4. The van der Waals surface area contributed by atoms with Crippen LogP contribution in [-0.2, 0) is 6.54 Å². The van der Waals surface area contributed by atoms with Gasteiger partial charge in [-0.1, -0.05) is 24.3 Å². The molecular formula is C20H25F3IN3O2. The fraction of sp³-hybridized carbons (Fsp3) is 0.350. The number of aryl methyl sites for hydroxylation is 1. The fourth-order valence-electron chi connectivity index (χ4n) is 2.43. The van der Waals surface area contributed by atoms with E-state index in [1.165, 1.54) is 30.3 Å². The minimum Gasteiger partial charge on any atom is -0.435 e. The van der Waals surface area contributed by atoms with Gasteiger partial charge in [0.25, 0.3) is 0 Å². The minimum atomic E-state index is -2.89. The summed E-state index contributed by atoms with van der Waals surface area (Å²) in [5, 5.41) is 16.3. The summed E-state index contributed by atoms with van der Waals surface area (Å²) in [6, 6.07) is 10.7. The van der Waals surface area contributed by atoms with Crippen LogP contribution in [0, 0.1) is 12.7 Å². The van der Waals surface area contributed by atoms with Crippen molar-refractivity contribution in [2.45, 2.75) is 33.1 Å². The number of alkyl halides is 2. The van der Waals surface area contributed by atoms with E-state index in [4.69, 9.17) is 0 Å². The summed E-state index contributed by atoms with van der Waals surface area (Å²) in [5.74, 6) is 0.222. The molecule has 5 nitrogen and oxygen atoms in total. The van der Waals surface area contributed by atoms with E-state index >= 15 is 0 Å². The van der Waals surface area contributed by atoms with Gasteiger partial charge in [-0.3, -0.25) is 0 Å². The van der Waals surface area contributed by atoms with Crippen molar-refractivity contribution in [3.8, 4) is 5.75 Å². The lowest BCUT2D eigenvalue weighted by Gasteiger charge is -2.16. The Morgan fingerprint density at radius 2 is 1.83 bits per heavy atom. The maximum atomic E-state index is 13.6. The van der Waals surface area contributed by atoms with Crippen molar-refractivity contribution in [1.29, 1.82) is 0 Å². The zero-order valence-electron chi connectivity index (χ0n) is 16.2. The Kier molecular flexibility index (Phi) is 10.8. The molecule has 0 saturated carbocycles. The highest BCUT2D eigenvalue weighted by Crippen LogP contribution is 2.19. The van der Waals surface area contributed by atoms with Gasteiger partial charge in [-0.25, -0.2) is 9.38 Å². The van der Waals surface area contributed by atoms with Gasteiger partial charge in [0.15, 0.2) is 5.96 Å². The molecule has 0 amide bonds. The third kappa shape index (κ3) is 8.48. The topological polar surface area (TPSA) is 65.9 Å². The van der Waals surface area contributed by atoms with Crippen LogP contribution < -0.4 is 15.4 Å². The van der Waals surface area contributed by atoms with Gasteiger partial charge in [0.2, 0.25) is 0 Å². The van der Waals surface area contributed by atoms with E-state index in [2.05, 4.69) is 20.4 Å². The van der Waals surface area contributed by atoms with E-state index in [1.54, 1.807) is 13.0 Å². The molecule has 0 fully saturated rings. The molecule has 0 heterocycles. The largest absolute Gasteiger partial charge is 0.435 e. The van der Waals surface area contributed by atoms with Crippen molar-refractivity contribution in [3.63, 3.8) is 0 Å². The van der Waals surface area contributed by atoms with Gasteiger partial charge in [-0.05, 0) is 48.7 Å². The number of guanidine groups is 1. The van der Waals surface area contributed by atoms with Crippen molar-refractivity contribution in [1.82, 2.24) is 10.6 Å². The van der Waals surface area contributed by atoms with E-state index in [0.717, 1.165) is 5.56 Å². The number of rotatable bonds is 8. The summed E-state index contributed by atoms with van der Waals surface area (Å²) >= 11 is 0. The molecule has 0 saturated heterocycles. The SMILES string of the molecule is CCNC(=NCc1ccc(C)c(F)c1)NCC(O)c1ccc(OC(F)F)cc1.I. The molecule has 2 aromatic rings. The molecule has 0 radical (unpaired) electrons. The van der Waals surface area contributed by atoms with E-state index in [-0.39, 0.29) is 48.6 Å². The lowest BCUT2D eigenvalue weighted by molar-refractivity contribution is -0.0498. The van der Waals surface area contributed by atoms with Crippen LogP contribution in [0.5, 0.6) is 5.75 Å². The van der Waals surface area contributed by atoms with Crippen LogP contribution in [0.25, 0.3) is 0 Å². The highest BCUT2D eigenvalue weighted by atomic mass is 127. The average Bonchev–Trinajstić information content (AvgIpc) is 2.66. The zero-order chi connectivity index (χ0) is 20.5. The van der Waals surface area contributed by atoms with E-state index < -0.39 is 12.7 Å². The summed E-state index contributed by atoms with van der Waals surface area (Å²) in [7, 11) is 0. The van der Waals surface area contributed by atoms with Gasteiger partial charge >= 0.3 is 6.61 Å². The molecule has 0 aliphatic heterocycles. The van der Waals surface area contributed by atoms with Crippen LogP contribution in [0.15, 0.2) is 47.5 Å². The van der Waals surface area contributed by atoms with E-state index in [9.17, 15) is 18.3 Å². The van der Waals surface area contributed by atoms with Crippen molar-refractivity contribution < 1.29 is 23.0 Å². The second-order valence-corrected chi connectivity index (χ2v) is 6.12. The number of hydrogen-bond donors (Lipinski definition) is 3. The average molecular weight is 523 g/mol. The van der Waals surface area contributed by atoms with Crippen LogP contribution in [0.4, 0.5) is 13.2 Å². The highest BCUT2D eigenvalue weighted by Gasteiger charge is 2.10. The molecule has 0 aliphatic rings. The first kappa shape index (κ1) is 25.0. The van der Waals surface area contributed by atoms with Crippen molar-refractivity contribution in [3.05, 3.63) is 65.0 Å². The van der Waals surface area contributed by atoms with Crippen LogP contribution in [-0.4, -0.2) is 30.8 Å². The summed E-state index contributed by atoms with van der Waals surface area (Å²) in [5.41, 5.74) is 1.85. The number of ether oxygens (including phenoxy) is 1. The molecule has 9 heteroatoms. The molecular weight excluding hydrogens is 498 g/mol. The predicted octanol–water partition coefficient (Wildman–Crippen LogP) is 4.14. The van der Waals surface area contributed by atoms with Crippen molar-refractivity contribution >= 4 is 29.9 Å². The normalized spacial score (nSPS) is 12.3. The Morgan fingerprint density at radius 1 is 1.14 bits per heavy atom. The third-order valence-electron chi connectivity index (χ3n) is 3.95. The van der Waals surface area contributed by atoms with Crippen LogP contribution in [0.1, 0.15) is 29.7 Å². The van der Waals surface area contributed by atoms with Gasteiger partial charge in [-0.2, -0.15) is 8.78 Å². The van der Waals surface area contributed by atoms with E-state index in [1.807, 2.05) is 13.0 Å². The van der Waals surface area contributed by atoms with Crippen LogP contribution in [0.2, 0.25) is 0 Å². The molecule has 29 heavy (non-hydrogen) atoms. The number of hydrogen-bond acceptors (Lipinski definition) is 3. The second-order valence-electron chi connectivity index (χ2n) is 6.12. The summed E-state index contributed by atoms with van der Waals surface area (Å²) in [6.07, 6.45) is -0.874. The van der Waals surface area contributed by atoms with Gasteiger partial charge in [0, 0.05) is 13.1 Å². The Labute approximate surface area is 185 Å². The van der Waals surface area contributed by atoms with Crippen molar-refractivity contribution in [2.75, 3.05) is 13.1 Å². The molecule has 1 atom stereocenters. The first-order chi connectivity index (χ1) is 13.4. The highest BCUT2D eigenvalue weighted by molar-refractivity contribution is 14.0. The standard InChI is InChI=1S/C20H24F3N3O2.HI/c1-3-24-20(25-11-14-5-4-13(2)17(21)10-14)26-12-18(27)15-6-8-16(9-7-15)28-19(22)23;/h4-10,18-19,27H,3,11-12H2,1-2H3,(H2,24,25,26);1H. The Balaban J connectivity index is 0.00000420. The molecule has 0 aliphatic carbocycles. The first-order valence-electron chi connectivity index (χ1n) is 8.89. The molecule has 2 rings (SSSR count). The van der Waals surface area contributed by atoms with Gasteiger partial charge in [0.05, 0.1) is 12.6 Å².